The molecule has 0 bridgehead atoms. The predicted octanol–water partition coefficient (Wildman–Crippen LogP) is 2.82. The van der Waals surface area contributed by atoms with E-state index in [4.69, 9.17) is 28.3 Å². The van der Waals surface area contributed by atoms with E-state index in [2.05, 4.69) is 15.6 Å². The summed E-state index contributed by atoms with van der Waals surface area (Å²) in [6, 6.07) is 7.90. The molecule has 0 aliphatic rings. The third kappa shape index (κ3) is 4.70. The number of carbonyl (C=O) groups is 2. The molecule has 22 heavy (non-hydrogen) atoms. The highest BCUT2D eigenvalue weighted by atomic mass is 35.5. The highest BCUT2D eigenvalue weighted by Crippen LogP contribution is 2.25. The Balaban J connectivity index is 0.00000116. The van der Waals surface area contributed by atoms with Gasteiger partial charge < -0.3 is 15.7 Å². The molecule has 8 heteroatoms. The lowest BCUT2D eigenvalue weighted by Gasteiger charge is -2.09. The van der Waals surface area contributed by atoms with Crippen molar-refractivity contribution in [3.63, 3.8) is 0 Å². The molecule has 0 aliphatic carbocycles. The molecule has 0 spiro atoms. The van der Waals surface area contributed by atoms with E-state index in [1.54, 1.807) is 24.3 Å². The Morgan fingerprint density at radius 1 is 1.23 bits per heavy atom. The molecular formula is C14H13Cl2N3O3. The second-order valence-electron chi connectivity index (χ2n) is 3.74. The van der Waals surface area contributed by atoms with Crippen LogP contribution in [0, 0.1) is 0 Å². The standard InChI is InChI=1S/C13H9Cl2N3O2.CH4O/c14-9-2-1-3-10(15)12(9)13(20)18-8-4-5-16-11(6-8)17-7-19;1-2/h1-7H,(H2,16,17,18,19,20);2H,1H3. The lowest BCUT2D eigenvalue weighted by molar-refractivity contribution is -0.105. The van der Waals surface area contributed by atoms with Crippen LogP contribution in [-0.2, 0) is 4.79 Å². The average Bonchev–Trinajstić information content (AvgIpc) is 2.50. The second kappa shape index (κ2) is 8.99. The first-order valence-electron chi connectivity index (χ1n) is 5.98. The van der Waals surface area contributed by atoms with Crippen LogP contribution in [0.3, 0.4) is 0 Å². The molecule has 1 aromatic heterocycles. The maximum atomic E-state index is 12.1. The third-order valence-electron chi connectivity index (χ3n) is 2.41. The van der Waals surface area contributed by atoms with E-state index in [9.17, 15) is 9.59 Å². The first-order valence-corrected chi connectivity index (χ1v) is 6.73. The second-order valence-corrected chi connectivity index (χ2v) is 4.56. The zero-order valence-electron chi connectivity index (χ0n) is 11.5. The largest absolute Gasteiger partial charge is 0.400 e. The van der Waals surface area contributed by atoms with Gasteiger partial charge in [0.1, 0.15) is 5.82 Å². The summed E-state index contributed by atoms with van der Waals surface area (Å²) in [5.41, 5.74) is 0.655. The lowest BCUT2D eigenvalue weighted by Crippen LogP contribution is -2.13. The van der Waals surface area contributed by atoms with E-state index >= 15 is 0 Å². The van der Waals surface area contributed by atoms with Crippen LogP contribution in [0.5, 0.6) is 0 Å². The fourth-order valence-electron chi connectivity index (χ4n) is 1.56. The van der Waals surface area contributed by atoms with Crippen molar-refractivity contribution in [2.24, 2.45) is 0 Å². The van der Waals surface area contributed by atoms with Crippen LogP contribution in [0.1, 0.15) is 10.4 Å². The van der Waals surface area contributed by atoms with Gasteiger partial charge in [-0.25, -0.2) is 4.98 Å². The van der Waals surface area contributed by atoms with E-state index in [1.165, 1.54) is 12.3 Å². The highest BCUT2D eigenvalue weighted by molar-refractivity contribution is 6.40. The lowest BCUT2D eigenvalue weighted by atomic mass is 10.2. The van der Waals surface area contributed by atoms with Gasteiger partial charge in [-0.1, -0.05) is 29.3 Å². The van der Waals surface area contributed by atoms with Gasteiger partial charge in [-0.05, 0) is 18.2 Å². The number of hydrogen-bond donors (Lipinski definition) is 3. The van der Waals surface area contributed by atoms with Crippen molar-refractivity contribution in [3.05, 3.63) is 52.1 Å². The SMILES string of the molecule is CO.O=CNc1cc(NC(=O)c2c(Cl)cccc2Cl)ccn1. The summed E-state index contributed by atoms with van der Waals surface area (Å²) < 4.78 is 0. The van der Waals surface area contributed by atoms with Crippen LogP contribution in [0.25, 0.3) is 0 Å². The molecule has 0 radical (unpaired) electrons. The number of halogens is 2. The summed E-state index contributed by atoms with van der Waals surface area (Å²) in [6.07, 6.45) is 1.95. The van der Waals surface area contributed by atoms with Crippen LogP contribution in [0.4, 0.5) is 11.5 Å². The Hall–Kier alpha value is -2.15. The first kappa shape index (κ1) is 17.9. The molecule has 2 rings (SSSR count). The number of aromatic nitrogens is 1. The maximum Gasteiger partial charge on any atom is 0.258 e. The number of rotatable bonds is 4. The van der Waals surface area contributed by atoms with Crippen molar-refractivity contribution in [1.29, 1.82) is 0 Å². The van der Waals surface area contributed by atoms with Gasteiger partial charge in [0.25, 0.3) is 5.91 Å². The van der Waals surface area contributed by atoms with Crippen LogP contribution >= 0.6 is 23.2 Å². The number of carbonyl (C=O) groups excluding carboxylic acids is 2. The summed E-state index contributed by atoms with van der Waals surface area (Å²) in [4.78, 5) is 26.4. The first-order chi connectivity index (χ1) is 10.6. The van der Waals surface area contributed by atoms with Crippen LogP contribution in [0.15, 0.2) is 36.5 Å². The van der Waals surface area contributed by atoms with Gasteiger partial charge >= 0.3 is 0 Å². The molecule has 2 amide bonds. The summed E-state index contributed by atoms with van der Waals surface area (Å²) in [7, 11) is 1.00. The minimum absolute atomic E-state index is 0.192. The molecule has 1 aromatic carbocycles. The molecule has 0 fully saturated rings. The van der Waals surface area contributed by atoms with Crippen LogP contribution < -0.4 is 10.6 Å². The smallest absolute Gasteiger partial charge is 0.258 e. The summed E-state index contributed by atoms with van der Waals surface area (Å²) in [5.74, 6) is -0.119. The summed E-state index contributed by atoms with van der Waals surface area (Å²) in [6.45, 7) is 0. The zero-order chi connectivity index (χ0) is 16.5. The van der Waals surface area contributed by atoms with Crippen LogP contribution in [-0.4, -0.2) is 29.5 Å². The van der Waals surface area contributed by atoms with E-state index in [-0.39, 0.29) is 15.6 Å². The van der Waals surface area contributed by atoms with Crippen molar-refractivity contribution in [1.82, 2.24) is 4.98 Å². The number of anilines is 2. The fourth-order valence-corrected chi connectivity index (χ4v) is 2.13. The Kier molecular flexibility index (Phi) is 7.31. The van der Waals surface area contributed by atoms with E-state index < -0.39 is 5.91 Å². The number of benzene rings is 1. The fraction of sp³-hybridized carbons (Fsp3) is 0.0714. The van der Waals surface area contributed by atoms with E-state index in [0.717, 1.165) is 7.11 Å². The molecule has 2 aromatic rings. The third-order valence-corrected chi connectivity index (χ3v) is 3.04. The van der Waals surface area contributed by atoms with Crippen molar-refractivity contribution in [2.45, 2.75) is 0 Å². The van der Waals surface area contributed by atoms with Crippen molar-refractivity contribution in [3.8, 4) is 0 Å². The molecule has 0 saturated heterocycles. The molecule has 0 unspecified atom stereocenters. The molecule has 6 nitrogen and oxygen atoms in total. The van der Waals surface area contributed by atoms with Gasteiger partial charge in [0.05, 0.1) is 15.6 Å². The number of aliphatic hydroxyl groups excluding tert-OH is 1. The number of nitrogens with zero attached hydrogens (tertiary/aromatic N) is 1. The molecular weight excluding hydrogens is 329 g/mol. The molecule has 0 saturated carbocycles. The Labute approximate surface area is 137 Å². The van der Waals surface area contributed by atoms with Gasteiger partial charge in [-0.15, -0.1) is 0 Å². The van der Waals surface area contributed by atoms with Gasteiger partial charge in [-0.3, -0.25) is 9.59 Å². The number of nitrogens with one attached hydrogen (secondary N) is 2. The van der Waals surface area contributed by atoms with Gasteiger partial charge in [0.2, 0.25) is 6.41 Å². The molecule has 0 atom stereocenters. The average molecular weight is 342 g/mol. The van der Waals surface area contributed by atoms with Crippen molar-refractivity contribution < 1.29 is 14.7 Å². The van der Waals surface area contributed by atoms with E-state index in [1.807, 2.05) is 0 Å². The van der Waals surface area contributed by atoms with Gasteiger partial charge in [0.15, 0.2) is 0 Å². The number of amides is 2. The molecule has 116 valence electrons. The van der Waals surface area contributed by atoms with Gasteiger partial charge in [0, 0.05) is 25.1 Å². The number of hydrogen-bond acceptors (Lipinski definition) is 4. The van der Waals surface area contributed by atoms with Gasteiger partial charge in [-0.2, -0.15) is 0 Å². The van der Waals surface area contributed by atoms with Crippen molar-refractivity contribution >= 4 is 47.0 Å². The maximum absolute atomic E-state index is 12.1. The minimum atomic E-state index is -0.441. The minimum Gasteiger partial charge on any atom is -0.400 e. The van der Waals surface area contributed by atoms with Crippen molar-refractivity contribution in [2.75, 3.05) is 17.7 Å². The Morgan fingerprint density at radius 2 is 1.86 bits per heavy atom. The van der Waals surface area contributed by atoms with Crippen LogP contribution in [0.2, 0.25) is 10.0 Å². The zero-order valence-corrected chi connectivity index (χ0v) is 13.0. The Morgan fingerprint density at radius 3 is 2.45 bits per heavy atom. The predicted molar refractivity (Wildman–Crippen MR) is 86.5 cm³/mol. The highest BCUT2D eigenvalue weighted by Gasteiger charge is 2.14. The quantitative estimate of drug-likeness (QED) is 0.745. The van der Waals surface area contributed by atoms with E-state index in [0.29, 0.717) is 17.9 Å². The normalized spacial score (nSPS) is 9.27. The summed E-state index contributed by atoms with van der Waals surface area (Å²) in [5, 5.41) is 12.5. The molecule has 3 N–H and O–H groups in total. The molecule has 0 aliphatic heterocycles. The summed E-state index contributed by atoms with van der Waals surface area (Å²) >= 11 is 11.9. The monoisotopic (exact) mass is 341 g/mol. The topological polar surface area (TPSA) is 91.3 Å². The molecule has 1 heterocycles. The number of aliphatic hydroxyl groups is 1. The number of pyridine rings is 1. The Bertz CT molecular complexity index is 645.